The van der Waals surface area contributed by atoms with Gasteiger partial charge in [-0.3, -0.25) is 0 Å². The Hall–Kier alpha value is -1.13. The van der Waals surface area contributed by atoms with Gasteiger partial charge in [0.1, 0.15) is 5.82 Å². The molecule has 1 aromatic carbocycles. The van der Waals surface area contributed by atoms with Crippen molar-refractivity contribution in [3.8, 4) is 0 Å². The van der Waals surface area contributed by atoms with Gasteiger partial charge in [0.25, 0.3) is 0 Å². The van der Waals surface area contributed by atoms with Gasteiger partial charge in [0.2, 0.25) is 0 Å². The van der Waals surface area contributed by atoms with E-state index in [1.54, 1.807) is 6.07 Å². The van der Waals surface area contributed by atoms with E-state index in [0.29, 0.717) is 6.54 Å². The van der Waals surface area contributed by atoms with Crippen LogP contribution in [0.3, 0.4) is 0 Å². The summed E-state index contributed by atoms with van der Waals surface area (Å²) in [4.78, 5) is 0. The molecular weight excluding hydrogens is 307 g/mol. The van der Waals surface area contributed by atoms with Crippen molar-refractivity contribution in [2.75, 3.05) is 0 Å². The minimum absolute atomic E-state index is 0.174. The van der Waals surface area contributed by atoms with Crippen molar-refractivity contribution in [3.05, 3.63) is 58.1 Å². The molecule has 1 heterocycles. The van der Waals surface area contributed by atoms with E-state index in [9.17, 15) is 4.39 Å². The van der Waals surface area contributed by atoms with Crippen LogP contribution in [0.15, 0.2) is 41.0 Å². The standard InChI is InChI=1S/C15H18BrFN2/c1-2-14(18)9-15-4-3-5-19(15)10-11-6-12(16)8-13(17)7-11/h3-8,14H,2,9-10,18H2,1H3. The highest BCUT2D eigenvalue weighted by atomic mass is 79.9. The zero-order valence-electron chi connectivity index (χ0n) is 10.9. The second-order valence-electron chi connectivity index (χ2n) is 4.78. The van der Waals surface area contributed by atoms with Crippen LogP contribution in [0, 0.1) is 5.82 Å². The number of hydrogen-bond donors (Lipinski definition) is 1. The van der Waals surface area contributed by atoms with Crippen molar-refractivity contribution in [2.45, 2.75) is 32.4 Å². The Morgan fingerprint density at radius 2 is 2.16 bits per heavy atom. The Labute approximate surface area is 121 Å². The number of rotatable bonds is 5. The predicted octanol–water partition coefficient (Wildman–Crippen LogP) is 3.72. The molecule has 19 heavy (non-hydrogen) atoms. The summed E-state index contributed by atoms with van der Waals surface area (Å²) in [6.07, 6.45) is 3.81. The first-order valence-corrected chi connectivity index (χ1v) is 7.22. The summed E-state index contributed by atoms with van der Waals surface area (Å²) in [5.41, 5.74) is 8.12. The maximum atomic E-state index is 13.4. The monoisotopic (exact) mass is 324 g/mol. The van der Waals surface area contributed by atoms with Crippen molar-refractivity contribution in [2.24, 2.45) is 5.73 Å². The zero-order chi connectivity index (χ0) is 13.8. The largest absolute Gasteiger partial charge is 0.347 e. The number of aromatic nitrogens is 1. The quantitative estimate of drug-likeness (QED) is 0.892. The van der Waals surface area contributed by atoms with Gasteiger partial charge >= 0.3 is 0 Å². The van der Waals surface area contributed by atoms with E-state index in [2.05, 4.69) is 33.5 Å². The number of nitrogens with two attached hydrogens (primary N) is 1. The lowest BCUT2D eigenvalue weighted by Gasteiger charge is -2.13. The van der Waals surface area contributed by atoms with Crippen LogP contribution in [0.2, 0.25) is 0 Å². The van der Waals surface area contributed by atoms with Gasteiger partial charge in [0, 0.05) is 35.4 Å². The van der Waals surface area contributed by atoms with E-state index in [1.807, 2.05) is 18.3 Å². The van der Waals surface area contributed by atoms with Gasteiger partial charge in [-0.15, -0.1) is 0 Å². The molecule has 0 aliphatic heterocycles. The molecule has 0 saturated heterocycles. The lowest BCUT2D eigenvalue weighted by molar-refractivity contribution is 0.604. The van der Waals surface area contributed by atoms with Gasteiger partial charge in [-0.1, -0.05) is 22.9 Å². The highest BCUT2D eigenvalue weighted by Gasteiger charge is 2.07. The Bertz CT molecular complexity index is 531. The molecule has 4 heteroatoms. The van der Waals surface area contributed by atoms with Crippen molar-refractivity contribution in [3.63, 3.8) is 0 Å². The van der Waals surface area contributed by atoms with Gasteiger partial charge in [-0.2, -0.15) is 0 Å². The smallest absolute Gasteiger partial charge is 0.124 e. The zero-order valence-corrected chi connectivity index (χ0v) is 12.5. The third-order valence-corrected chi connectivity index (χ3v) is 3.65. The van der Waals surface area contributed by atoms with Gasteiger partial charge < -0.3 is 10.3 Å². The number of benzene rings is 1. The third kappa shape index (κ3) is 3.91. The summed E-state index contributed by atoms with van der Waals surface area (Å²) in [6, 6.07) is 9.22. The van der Waals surface area contributed by atoms with Crippen molar-refractivity contribution >= 4 is 15.9 Å². The Kier molecular flexibility index (Phi) is 4.77. The highest BCUT2D eigenvalue weighted by Crippen LogP contribution is 2.17. The van der Waals surface area contributed by atoms with E-state index in [1.165, 1.54) is 11.8 Å². The fourth-order valence-corrected chi connectivity index (χ4v) is 2.61. The molecule has 0 saturated carbocycles. The van der Waals surface area contributed by atoms with E-state index in [4.69, 9.17) is 5.73 Å². The fourth-order valence-electron chi connectivity index (χ4n) is 2.10. The molecule has 0 aliphatic rings. The molecule has 1 unspecified atom stereocenters. The Balaban J connectivity index is 2.17. The lowest BCUT2D eigenvalue weighted by Crippen LogP contribution is -2.23. The molecule has 1 atom stereocenters. The van der Waals surface area contributed by atoms with Crippen molar-refractivity contribution in [1.82, 2.24) is 4.57 Å². The SMILES string of the molecule is CCC(N)Cc1cccn1Cc1cc(F)cc(Br)c1. The minimum Gasteiger partial charge on any atom is -0.347 e. The number of hydrogen-bond acceptors (Lipinski definition) is 1. The topological polar surface area (TPSA) is 30.9 Å². The van der Waals surface area contributed by atoms with E-state index in [-0.39, 0.29) is 11.9 Å². The molecule has 0 fully saturated rings. The van der Waals surface area contributed by atoms with E-state index >= 15 is 0 Å². The average molecular weight is 325 g/mol. The highest BCUT2D eigenvalue weighted by molar-refractivity contribution is 9.10. The summed E-state index contributed by atoms with van der Waals surface area (Å²) >= 11 is 3.32. The van der Waals surface area contributed by atoms with Crippen LogP contribution in [-0.4, -0.2) is 10.6 Å². The molecule has 0 bridgehead atoms. The first kappa shape index (κ1) is 14.3. The first-order valence-electron chi connectivity index (χ1n) is 6.43. The predicted molar refractivity (Wildman–Crippen MR) is 79.6 cm³/mol. The normalized spacial score (nSPS) is 12.6. The van der Waals surface area contributed by atoms with E-state index < -0.39 is 0 Å². The Morgan fingerprint density at radius 3 is 2.84 bits per heavy atom. The molecule has 2 nitrogen and oxygen atoms in total. The number of halogens is 2. The summed E-state index contributed by atoms with van der Waals surface area (Å²) < 4.78 is 16.2. The van der Waals surface area contributed by atoms with Gasteiger partial charge in [-0.05, 0) is 42.3 Å². The van der Waals surface area contributed by atoms with Crippen LogP contribution in [-0.2, 0) is 13.0 Å². The summed E-state index contributed by atoms with van der Waals surface area (Å²) in [6.45, 7) is 2.75. The molecule has 0 radical (unpaired) electrons. The molecule has 2 N–H and O–H groups in total. The van der Waals surface area contributed by atoms with Gasteiger partial charge in [0.15, 0.2) is 0 Å². The molecule has 1 aromatic heterocycles. The minimum atomic E-state index is -0.219. The maximum Gasteiger partial charge on any atom is 0.124 e. The third-order valence-electron chi connectivity index (χ3n) is 3.19. The average Bonchev–Trinajstić information content (AvgIpc) is 2.75. The van der Waals surface area contributed by atoms with Crippen LogP contribution >= 0.6 is 15.9 Å². The van der Waals surface area contributed by atoms with Gasteiger partial charge in [0.05, 0.1) is 0 Å². The molecule has 102 valence electrons. The summed E-state index contributed by atoms with van der Waals surface area (Å²) in [7, 11) is 0. The summed E-state index contributed by atoms with van der Waals surface area (Å²) in [5, 5.41) is 0. The maximum absolute atomic E-state index is 13.4. The van der Waals surface area contributed by atoms with Crippen molar-refractivity contribution in [1.29, 1.82) is 0 Å². The summed E-state index contributed by atoms with van der Waals surface area (Å²) in [5.74, 6) is -0.219. The number of nitrogens with zero attached hydrogens (tertiary/aromatic N) is 1. The first-order chi connectivity index (χ1) is 9.08. The van der Waals surface area contributed by atoms with Crippen LogP contribution in [0.25, 0.3) is 0 Å². The van der Waals surface area contributed by atoms with Crippen LogP contribution in [0.1, 0.15) is 24.6 Å². The molecule has 2 rings (SSSR count). The van der Waals surface area contributed by atoms with Crippen LogP contribution in [0.4, 0.5) is 4.39 Å². The van der Waals surface area contributed by atoms with Gasteiger partial charge in [-0.25, -0.2) is 4.39 Å². The van der Waals surface area contributed by atoms with E-state index in [0.717, 1.165) is 22.9 Å². The lowest BCUT2D eigenvalue weighted by atomic mass is 10.1. The van der Waals surface area contributed by atoms with Crippen molar-refractivity contribution < 1.29 is 4.39 Å². The molecule has 2 aromatic rings. The second kappa shape index (κ2) is 6.35. The molecule has 0 aliphatic carbocycles. The molecule has 0 spiro atoms. The second-order valence-corrected chi connectivity index (χ2v) is 5.69. The molecular formula is C15H18BrFN2. The molecule has 0 amide bonds. The van der Waals surface area contributed by atoms with Crippen LogP contribution < -0.4 is 5.73 Å². The van der Waals surface area contributed by atoms with Crippen LogP contribution in [0.5, 0.6) is 0 Å². The fraction of sp³-hybridized carbons (Fsp3) is 0.333. The Morgan fingerprint density at radius 1 is 1.37 bits per heavy atom.